The van der Waals surface area contributed by atoms with Crippen LogP contribution in [0.3, 0.4) is 0 Å². The average molecular weight is 504 g/mol. The van der Waals surface area contributed by atoms with Gasteiger partial charge in [-0.2, -0.15) is 0 Å². The molecule has 0 spiro atoms. The maximum Gasteiger partial charge on any atom is 0.144 e. The predicted octanol–water partition coefficient (Wildman–Crippen LogP) is 10.3. The van der Waals surface area contributed by atoms with Crippen molar-refractivity contribution in [1.29, 1.82) is 0 Å². The van der Waals surface area contributed by atoms with Gasteiger partial charge >= 0.3 is 0 Å². The monoisotopic (exact) mass is 503 g/mol. The lowest BCUT2D eigenvalue weighted by molar-refractivity contribution is 0.670. The van der Waals surface area contributed by atoms with Crippen LogP contribution >= 0.6 is 11.3 Å². The zero-order chi connectivity index (χ0) is 25.1. The summed E-state index contributed by atoms with van der Waals surface area (Å²) in [6, 6.07) is 44.7. The van der Waals surface area contributed by atoms with E-state index in [1.807, 2.05) is 23.5 Å². The highest BCUT2D eigenvalue weighted by Gasteiger charge is 2.17. The number of pyridine rings is 1. The summed E-state index contributed by atoms with van der Waals surface area (Å²) in [5.41, 5.74) is 8.09. The number of para-hydroxylation sites is 2. The molecule has 0 atom stereocenters. The molecule has 0 fully saturated rings. The Bertz CT molecular complexity index is 2000. The zero-order valence-electron chi connectivity index (χ0n) is 20.4. The van der Waals surface area contributed by atoms with Crippen LogP contribution in [0.5, 0.6) is 0 Å². The number of furan rings is 1. The van der Waals surface area contributed by atoms with E-state index in [-0.39, 0.29) is 0 Å². The van der Waals surface area contributed by atoms with Crippen molar-refractivity contribution in [2.75, 3.05) is 0 Å². The van der Waals surface area contributed by atoms with Crippen LogP contribution in [0, 0.1) is 0 Å². The average Bonchev–Trinajstić information content (AvgIpc) is 3.56. The van der Waals surface area contributed by atoms with Crippen molar-refractivity contribution in [2.24, 2.45) is 0 Å². The number of nitrogens with zero attached hydrogens (tertiary/aromatic N) is 1. The number of aromatic nitrogens is 1. The summed E-state index contributed by atoms with van der Waals surface area (Å²) in [5.74, 6) is 0. The second kappa shape index (κ2) is 8.41. The minimum Gasteiger partial charge on any atom is -0.455 e. The maximum atomic E-state index is 6.40. The van der Waals surface area contributed by atoms with Gasteiger partial charge in [0.2, 0.25) is 0 Å². The largest absolute Gasteiger partial charge is 0.455 e. The molecule has 5 aromatic carbocycles. The van der Waals surface area contributed by atoms with Gasteiger partial charge < -0.3 is 4.42 Å². The first-order valence-electron chi connectivity index (χ1n) is 12.7. The number of rotatable bonds is 3. The van der Waals surface area contributed by atoms with Gasteiger partial charge in [0, 0.05) is 42.1 Å². The van der Waals surface area contributed by atoms with Crippen molar-refractivity contribution in [3.05, 3.63) is 127 Å². The van der Waals surface area contributed by atoms with E-state index in [0.29, 0.717) is 0 Å². The van der Waals surface area contributed by atoms with Crippen LogP contribution in [0.25, 0.3) is 75.8 Å². The number of benzene rings is 5. The molecule has 0 unspecified atom stereocenters. The Morgan fingerprint density at radius 2 is 1.16 bits per heavy atom. The Morgan fingerprint density at radius 3 is 2.03 bits per heavy atom. The van der Waals surface area contributed by atoms with Gasteiger partial charge in [-0.05, 0) is 41.5 Å². The molecule has 0 bridgehead atoms. The van der Waals surface area contributed by atoms with E-state index in [0.717, 1.165) is 55.6 Å². The molecule has 3 aromatic heterocycles. The van der Waals surface area contributed by atoms with Crippen LogP contribution in [0.2, 0.25) is 0 Å². The zero-order valence-corrected chi connectivity index (χ0v) is 21.2. The van der Waals surface area contributed by atoms with E-state index >= 15 is 0 Å². The second-order valence-electron chi connectivity index (χ2n) is 9.55. The molecule has 0 radical (unpaired) electrons. The molecule has 0 saturated carbocycles. The lowest BCUT2D eigenvalue weighted by atomic mass is 9.98. The van der Waals surface area contributed by atoms with Crippen molar-refractivity contribution < 1.29 is 4.42 Å². The summed E-state index contributed by atoms with van der Waals surface area (Å²) in [7, 11) is 0. The number of hydrogen-bond donors (Lipinski definition) is 0. The molecule has 178 valence electrons. The lowest BCUT2D eigenvalue weighted by Crippen LogP contribution is -1.92. The number of thiophene rings is 1. The Labute approximate surface area is 223 Å². The van der Waals surface area contributed by atoms with Crippen LogP contribution < -0.4 is 0 Å². The fraction of sp³-hybridized carbons (Fsp3) is 0. The maximum absolute atomic E-state index is 6.40. The van der Waals surface area contributed by atoms with Crippen LogP contribution in [0.4, 0.5) is 0 Å². The first-order valence-corrected chi connectivity index (χ1v) is 13.5. The fourth-order valence-corrected chi connectivity index (χ4v) is 6.73. The second-order valence-corrected chi connectivity index (χ2v) is 10.6. The minimum atomic E-state index is 0.873. The van der Waals surface area contributed by atoms with E-state index < -0.39 is 0 Å². The van der Waals surface area contributed by atoms with Gasteiger partial charge in [0.05, 0.1) is 11.4 Å². The summed E-state index contributed by atoms with van der Waals surface area (Å²) in [4.78, 5) is 5.29. The Balaban J connectivity index is 1.43. The normalized spacial score (nSPS) is 11.7. The van der Waals surface area contributed by atoms with Crippen molar-refractivity contribution in [1.82, 2.24) is 4.98 Å². The SMILES string of the molecule is c1ccc(-c2cc(-c3cccc4c3oc3ccccc34)nc(-c3cccc4c3sc3ccccc34)c2)cc1. The van der Waals surface area contributed by atoms with Gasteiger partial charge in [-0.3, -0.25) is 0 Å². The van der Waals surface area contributed by atoms with Crippen LogP contribution in [-0.2, 0) is 0 Å². The topological polar surface area (TPSA) is 26.0 Å². The van der Waals surface area contributed by atoms with Crippen molar-refractivity contribution >= 4 is 53.4 Å². The molecule has 0 N–H and O–H groups in total. The first-order chi connectivity index (χ1) is 18.8. The molecular formula is C35H21NOS. The van der Waals surface area contributed by atoms with Crippen LogP contribution in [0.15, 0.2) is 132 Å². The van der Waals surface area contributed by atoms with E-state index in [1.165, 1.54) is 20.2 Å². The Morgan fingerprint density at radius 1 is 0.500 bits per heavy atom. The Kier molecular flexibility index (Phi) is 4.73. The van der Waals surface area contributed by atoms with Crippen LogP contribution in [0.1, 0.15) is 0 Å². The molecule has 0 amide bonds. The third kappa shape index (κ3) is 3.29. The Hall–Kier alpha value is -4.73. The quantitative estimate of drug-likeness (QED) is 0.240. The van der Waals surface area contributed by atoms with Gasteiger partial charge in [0.25, 0.3) is 0 Å². The minimum absolute atomic E-state index is 0.873. The predicted molar refractivity (Wildman–Crippen MR) is 161 cm³/mol. The molecule has 3 heterocycles. The van der Waals surface area contributed by atoms with Gasteiger partial charge in [0.15, 0.2) is 0 Å². The summed E-state index contributed by atoms with van der Waals surface area (Å²) in [6.07, 6.45) is 0. The smallest absolute Gasteiger partial charge is 0.144 e. The molecule has 8 rings (SSSR count). The highest BCUT2D eigenvalue weighted by atomic mass is 32.1. The summed E-state index contributed by atoms with van der Waals surface area (Å²) >= 11 is 1.83. The van der Waals surface area contributed by atoms with Crippen LogP contribution in [-0.4, -0.2) is 4.98 Å². The molecule has 0 saturated heterocycles. The third-order valence-electron chi connectivity index (χ3n) is 7.29. The molecule has 2 nitrogen and oxygen atoms in total. The molecule has 0 aliphatic heterocycles. The van der Waals surface area contributed by atoms with Gasteiger partial charge in [-0.15, -0.1) is 11.3 Å². The van der Waals surface area contributed by atoms with Gasteiger partial charge in [-0.25, -0.2) is 4.98 Å². The number of hydrogen-bond acceptors (Lipinski definition) is 3. The molecule has 8 aromatic rings. The highest BCUT2D eigenvalue weighted by Crippen LogP contribution is 2.42. The van der Waals surface area contributed by atoms with E-state index in [1.54, 1.807) is 0 Å². The van der Waals surface area contributed by atoms with Crippen molar-refractivity contribution in [3.63, 3.8) is 0 Å². The molecular weight excluding hydrogens is 482 g/mol. The first kappa shape index (κ1) is 21.4. The molecule has 0 aliphatic carbocycles. The highest BCUT2D eigenvalue weighted by molar-refractivity contribution is 7.26. The van der Waals surface area contributed by atoms with E-state index in [2.05, 4.69) is 115 Å². The fourth-order valence-electron chi connectivity index (χ4n) is 5.50. The molecule has 0 aliphatic rings. The molecule has 3 heteroatoms. The van der Waals surface area contributed by atoms with Crippen molar-refractivity contribution in [2.45, 2.75) is 0 Å². The molecule has 38 heavy (non-hydrogen) atoms. The van der Waals surface area contributed by atoms with E-state index in [9.17, 15) is 0 Å². The third-order valence-corrected chi connectivity index (χ3v) is 8.51. The van der Waals surface area contributed by atoms with Gasteiger partial charge in [0.1, 0.15) is 11.2 Å². The van der Waals surface area contributed by atoms with E-state index in [4.69, 9.17) is 9.40 Å². The lowest BCUT2D eigenvalue weighted by Gasteiger charge is -2.11. The summed E-state index contributed by atoms with van der Waals surface area (Å²) in [5, 5.41) is 4.80. The summed E-state index contributed by atoms with van der Waals surface area (Å²) < 4.78 is 8.96. The van der Waals surface area contributed by atoms with Gasteiger partial charge in [-0.1, -0.05) is 97.1 Å². The summed E-state index contributed by atoms with van der Waals surface area (Å²) in [6.45, 7) is 0. The van der Waals surface area contributed by atoms with Crippen molar-refractivity contribution in [3.8, 4) is 33.6 Å². The standard InChI is InChI=1S/C35H21NOS/c1-2-10-22(11-3-1)23-20-30(28-16-8-14-26-24-12-4-6-18-32(24)37-34(26)28)36-31(21-23)29-17-9-15-27-25-13-5-7-19-33(25)38-35(27)29/h1-21H. The number of fused-ring (bicyclic) bond motifs is 6.